The van der Waals surface area contributed by atoms with Gasteiger partial charge in [-0.25, -0.2) is 4.79 Å². The van der Waals surface area contributed by atoms with Crippen molar-refractivity contribution in [2.24, 2.45) is 0 Å². The second-order valence-corrected chi connectivity index (χ2v) is 9.38. The van der Waals surface area contributed by atoms with Gasteiger partial charge in [0.25, 0.3) is 5.91 Å². The van der Waals surface area contributed by atoms with Gasteiger partial charge in [-0.1, -0.05) is 23.7 Å². The molecule has 1 saturated heterocycles. The first-order valence-corrected chi connectivity index (χ1v) is 13.0. The Morgan fingerprint density at radius 1 is 1.03 bits per heavy atom. The number of hydrogen-bond donors (Lipinski definition) is 2. The summed E-state index contributed by atoms with van der Waals surface area (Å²) in [6.07, 6.45) is 3.57. The van der Waals surface area contributed by atoms with Gasteiger partial charge in [-0.3, -0.25) is 20.0 Å². The van der Waals surface area contributed by atoms with Crippen molar-refractivity contribution in [1.82, 2.24) is 9.88 Å². The molecule has 0 atom stereocenters. The zero-order valence-electron chi connectivity index (χ0n) is 21.5. The molecule has 2 N–H and O–H groups in total. The van der Waals surface area contributed by atoms with Crippen LogP contribution >= 0.6 is 11.6 Å². The molecule has 4 rings (SSSR count). The molecule has 39 heavy (non-hydrogen) atoms. The number of pyridine rings is 1. The standard InChI is InChI=1S/C29H29ClN4O5/c1-2-38-27(36)18-39-23-11-12-25(24(16-23)26(35)15-22-10-9-21(30)17-32-22)33-29(37)20-7-5-19(6-8-20)28(31)34-13-3-4-14-34/h5-12,16-17,31H,2-4,13-15,18H2,1H3,(H,33,37). The third-order valence-electron chi connectivity index (χ3n) is 6.17. The van der Waals surface area contributed by atoms with E-state index in [2.05, 4.69) is 10.3 Å². The van der Waals surface area contributed by atoms with Crippen molar-refractivity contribution in [3.05, 3.63) is 88.2 Å². The summed E-state index contributed by atoms with van der Waals surface area (Å²) in [6, 6.07) is 14.7. The minimum atomic E-state index is -0.533. The Balaban J connectivity index is 1.52. The van der Waals surface area contributed by atoms with Gasteiger partial charge in [0, 0.05) is 41.7 Å². The van der Waals surface area contributed by atoms with E-state index in [1.54, 1.807) is 55.5 Å². The molecule has 0 aliphatic carbocycles. The van der Waals surface area contributed by atoms with Crippen LogP contribution in [-0.2, 0) is 16.0 Å². The zero-order chi connectivity index (χ0) is 27.8. The Bertz CT molecular complexity index is 1350. The fourth-order valence-corrected chi connectivity index (χ4v) is 4.28. The second-order valence-electron chi connectivity index (χ2n) is 8.94. The molecule has 0 bridgehead atoms. The number of ether oxygens (including phenoxy) is 2. The number of aromatic nitrogens is 1. The van der Waals surface area contributed by atoms with Crippen LogP contribution < -0.4 is 10.1 Å². The van der Waals surface area contributed by atoms with Gasteiger partial charge < -0.3 is 19.7 Å². The summed E-state index contributed by atoms with van der Waals surface area (Å²) in [7, 11) is 0. The molecule has 10 heteroatoms. The summed E-state index contributed by atoms with van der Waals surface area (Å²) in [5.41, 5.74) is 2.12. The van der Waals surface area contributed by atoms with Gasteiger partial charge in [-0.15, -0.1) is 0 Å². The summed E-state index contributed by atoms with van der Waals surface area (Å²) < 4.78 is 10.4. The molecule has 0 unspecified atom stereocenters. The average molecular weight is 549 g/mol. The number of rotatable bonds is 10. The van der Waals surface area contributed by atoms with Crippen molar-refractivity contribution in [3.63, 3.8) is 0 Å². The number of nitrogens with one attached hydrogen (secondary N) is 2. The average Bonchev–Trinajstić information content (AvgIpc) is 3.49. The summed E-state index contributed by atoms with van der Waals surface area (Å²) in [5, 5.41) is 11.7. The first kappa shape index (κ1) is 27.8. The maximum Gasteiger partial charge on any atom is 0.344 e. The van der Waals surface area contributed by atoms with Gasteiger partial charge in [0.15, 0.2) is 12.4 Å². The highest BCUT2D eigenvalue weighted by atomic mass is 35.5. The summed E-state index contributed by atoms with van der Waals surface area (Å²) in [4.78, 5) is 44.3. The van der Waals surface area contributed by atoms with Crippen molar-refractivity contribution in [1.29, 1.82) is 5.41 Å². The molecule has 2 aromatic carbocycles. The molecular weight excluding hydrogens is 520 g/mol. The number of likely N-dealkylation sites (tertiary alicyclic amines) is 1. The predicted molar refractivity (Wildman–Crippen MR) is 148 cm³/mol. The molecule has 9 nitrogen and oxygen atoms in total. The Morgan fingerprint density at radius 2 is 1.74 bits per heavy atom. The second kappa shape index (κ2) is 13.0. The first-order chi connectivity index (χ1) is 18.8. The van der Waals surface area contributed by atoms with E-state index < -0.39 is 11.9 Å². The number of carbonyl (C=O) groups excluding carboxylic acids is 3. The third-order valence-corrected chi connectivity index (χ3v) is 6.40. The number of halogens is 1. The fourth-order valence-electron chi connectivity index (χ4n) is 4.17. The smallest absolute Gasteiger partial charge is 0.344 e. The van der Waals surface area contributed by atoms with Crippen LogP contribution in [0.5, 0.6) is 5.75 Å². The van der Waals surface area contributed by atoms with Crippen molar-refractivity contribution in [3.8, 4) is 5.75 Å². The number of anilines is 1. The van der Waals surface area contributed by atoms with E-state index in [4.69, 9.17) is 26.5 Å². The number of amides is 1. The number of hydrogen-bond acceptors (Lipinski definition) is 7. The highest BCUT2D eigenvalue weighted by Crippen LogP contribution is 2.25. The number of nitrogens with zero attached hydrogens (tertiary/aromatic N) is 2. The Hall–Kier alpha value is -4.24. The van der Waals surface area contributed by atoms with Crippen molar-refractivity contribution in [2.45, 2.75) is 26.2 Å². The summed E-state index contributed by atoms with van der Waals surface area (Å²) in [5.74, 6) is -0.529. The molecule has 1 aliphatic heterocycles. The SMILES string of the molecule is CCOC(=O)COc1ccc(NC(=O)c2ccc(C(=N)N3CCCC3)cc2)c(C(=O)Cc2ccc(Cl)cn2)c1. The van der Waals surface area contributed by atoms with E-state index in [0.29, 0.717) is 22.1 Å². The van der Waals surface area contributed by atoms with Crippen LogP contribution in [0.3, 0.4) is 0 Å². The summed E-state index contributed by atoms with van der Waals surface area (Å²) in [6.45, 7) is 3.34. The Morgan fingerprint density at radius 3 is 2.41 bits per heavy atom. The van der Waals surface area contributed by atoms with Crippen LogP contribution in [0.1, 0.15) is 51.7 Å². The third kappa shape index (κ3) is 7.42. The van der Waals surface area contributed by atoms with E-state index in [9.17, 15) is 14.4 Å². The topological polar surface area (TPSA) is 122 Å². The number of benzene rings is 2. The van der Waals surface area contributed by atoms with E-state index in [1.165, 1.54) is 12.3 Å². The lowest BCUT2D eigenvalue weighted by Gasteiger charge is -2.18. The largest absolute Gasteiger partial charge is 0.482 e. The zero-order valence-corrected chi connectivity index (χ0v) is 22.3. The van der Waals surface area contributed by atoms with E-state index >= 15 is 0 Å². The van der Waals surface area contributed by atoms with E-state index in [0.717, 1.165) is 31.5 Å². The van der Waals surface area contributed by atoms with Gasteiger partial charge >= 0.3 is 5.97 Å². The van der Waals surface area contributed by atoms with E-state index in [1.807, 2.05) is 4.90 Å². The maximum atomic E-state index is 13.3. The highest BCUT2D eigenvalue weighted by molar-refractivity contribution is 6.30. The molecule has 0 spiro atoms. The lowest BCUT2D eigenvalue weighted by Crippen LogP contribution is -2.27. The van der Waals surface area contributed by atoms with Gasteiger partial charge in [-0.2, -0.15) is 0 Å². The van der Waals surface area contributed by atoms with Crippen LogP contribution in [0, 0.1) is 5.41 Å². The lowest BCUT2D eigenvalue weighted by atomic mass is 10.0. The van der Waals surface area contributed by atoms with Crippen LogP contribution in [-0.4, -0.2) is 59.7 Å². The molecular formula is C29H29ClN4O5. The van der Waals surface area contributed by atoms with E-state index in [-0.39, 0.29) is 42.4 Å². The molecule has 1 aromatic heterocycles. The molecule has 0 radical (unpaired) electrons. The fraction of sp³-hybridized carbons (Fsp3) is 0.276. The number of amidine groups is 1. The Labute approximate surface area is 231 Å². The van der Waals surface area contributed by atoms with Crippen molar-refractivity contribution < 1.29 is 23.9 Å². The lowest BCUT2D eigenvalue weighted by molar-refractivity contribution is -0.145. The normalized spacial score (nSPS) is 12.6. The van der Waals surface area contributed by atoms with Gasteiger partial charge in [0.1, 0.15) is 11.6 Å². The number of ketones is 1. The Kier molecular flexibility index (Phi) is 9.27. The maximum absolute atomic E-state index is 13.3. The van der Waals surface area contributed by atoms with Crippen LogP contribution in [0.15, 0.2) is 60.8 Å². The van der Waals surface area contributed by atoms with Crippen LogP contribution in [0.2, 0.25) is 5.02 Å². The van der Waals surface area contributed by atoms with Crippen molar-refractivity contribution >= 4 is 40.8 Å². The predicted octanol–water partition coefficient (Wildman–Crippen LogP) is 4.78. The van der Waals surface area contributed by atoms with Gasteiger partial charge in [-0.05, 0) is 62.2 Å². The molecule has 2 heterocycles. The highest BCUT2D eigenvalue weighted by Gasteiger charge is 2.19. The van der Waals surface area contributed by atoms with Gasteiger partial charge in [0.2, 0.25) is 0 Å². The molecule has 1 aliphatic rings. The first-order valence-electron chi connectivity index (χ1n) is 12.7. The monoisotopic (exact) mass is 548 g/mol. The molecule has 1 amide bonds. The molecule has 1 fully saturated rings. The molecule has 0 saturated carbocycles. The van der Waals surface area contributed by atoms with Crippen molar-refractivity contribution in [2.75, 3.05) is 31.6 Å². The van der Waals surface area contributed by atoms with Crippen LogP contribution in [0.25, 0.3) is 0 Å². The number of Topliss-reactive ketones (excluding diaryl/α,β-unsaturated/α-hetero) is 1. The quantitative estimate of drug-likeness (QED) is 0.162. The van der Waals surface area contributed by atoms with Gasteiger partial charge in [0.05, 0.1) is 23.7 Å². The molecule has 202 valence electrons. The minimum absolute atomic E-state index is 0.0331. The number of carbonyl (C=O) groups is 3. The summed E-state index contributed by atoms with van der Waals surface area (Å²) >= 11 is 5.91. The van der Waals surface area contributed by atoms with Crippen LogP contribution in [0.4, 0.5) is 5.69 Å². The minimum Gasteiger partial charge on any atom is -0.482 e. The number of esters is 1. The molecule has 3 aromatic rings.